The number of nitrogens with zero attached hydrogens (tertiary/aromatic N) is 3. The van der Waals surface area contributed by atoms with Gasteiger partial charge in [0.2, 0.25) is 0 Å². The Morgan fingerprint density at radius 3 is 2.87 bits per heavy atom. The number of hydrogen-bond donors (Lipinski definition) is 0. The third-order valence-corrected chi connectivity index (χ3v) is 4.07. The van der Waals surface area contributed by atoms with Gasteiger partial charge in [-0.05, 0) is 24.2 Å². The Kier molecular flexibility index (Phi) is 3.51. The van der Waals surface area contributed by atoms with E-state index in [1.807, 2.05) is 0 Å². The minimum atomic E-state index is 0.666. The average molecular weight is 288 g/mol. The van der Waals surface area contributed by atoms with Crippen LogP contribution >= 0.6 is 27.7 Å². The Balaban J connectivity index is 2.12. The maximum atomic E-state index is 4.27. The van der Waals surface area contributed by atoms with Crippen LogP contribution in [0.15, 0.2) is 16.2 Å². The van der Waals surface area contributed by atoms with E-state index >= 15 is 0 Å². The summed E-state index contributed by atoms with van der Waals surface area (Å²) >= 11 is 5.04. The van der Waals surface area contributed by atoms with Gasteiger partial charge < -0.3 is 4.57 Å². The molecule has 0 saturated heterocycles. The Labute approximate surface area is 102 Å². The molecule has 1 aromatic heterocycles. The third kappa shape index (κ3) is 2.64. The van der Waals surface area contributed by atoms with Crippen molar-refractivity contribution in [3.63, 3.8) is 0 Å². The van der Waals surface area contributed by atoms with Crippen molar-refractivity contribution in [1.82, 2.24) is 14.8 Å². The molecule has 2 rings (SSSR count). The summed E-state index contributed by atoms with van der Waals surface area (Å²) in [5.74, 6) is 2.68. The van der Waals surface area contributed by atoms with Gasteiger partial charge in [-0.1, -0.05) is 34.3 Å². The monoisotopic (exact) mass is 287 g/mol. The number of rotatable bonds is 5. The number of aromatic nitrogens is 3. The maximum absolute atomic E-state index is 4.27. The molecule has 82 valence electrons. The molecule has 0 N–H and O–H groups in total. The van der Waals surface area contributed by atoms with Crippen LogP contribution in [0.4, 0.5) is 0 Å². The summed E-state index contributed by atoms with van der Waals surface area (Å²) in [7, 11) is 0. The van der Waals surface area contributed by atoms with E-state index in [1.54, 1.807) is 11.8 Å². The molecule has 1 aromatic rings. The van der Waals surface area contributed by atoms with Crippen molar-refractivity contribution in [1.29, 1.82) is 0 Å². The normalized spacial score (nSPS) is 15.6. The molecule has 1 saturated carbocycles. The van der Waals surface area contributed by atoms with E-state index in [-0.39, 0.29) is 0 Å². The molecule has 0 radical (unpaired) electrons. The average Bonchev–Trinajstić information content (AvgIpc) is 2.96. The zero-order valence-corrected chi connectivity index (χ0v) is 11.1. The molecule has 0 unspecified atom stereocenters. The lowest BCUT2D eigenvalue weighted by molar-refractivity contribution is 0.644. The van der Waals surface area contributed by atoms with Crippen LogP contribution in [-0.2, 0) is 6.54 Å². The van der Waals surface area contributed by atoms with Crippen molar-refractivity contribution in [2.45, 2.75) is 37.4 Å². The highest BCUT2D eigenvalue weighted by Crippen LogP contribution is 2.40. The Morgan fingerprint density at radius 1 is 1.60 bits per heavy atom. The van der Waals surface area contributed by atoms with E-state index in [0.29, 0.717) is 5.92 Å². The zero-order chi connectivity index (χ0) is 10.8. The lowest BCUT2D eigenvalue weighted by Gasteiger charge is -2.05. The molecule has 0 amide bonds. The van der Waals surface area contributed by atoms with Gasteiger partial charge in [-0.3, -0.25) is 0 Å². The number of thioether (sulfide) groups is 1. The van der Waals surface area contributed by atoms with E-state index < -0.39 is 0 Å². The van der Waals surface area contributed by atoms with Crippen molar-refractivity contribution in [2.75, 3.05) is 5.75 Å². The fraction of sp³-hybridized carbons (Fsp3) is 0.600. The molecule has 15 heavy (non-hydrogen) atoms. The second-order valence-electron chi connectivity index (χ2n) is 3.67. The summed E-state index contributed by atoms with van der Waals surface area (Å²) in [6, 6.07) is 0. The van der Waals surface area contributed by atoms with Crippen molar-refractivity contribution < 1.29 is 0 Å². The predicted molar refractivity (Wildman–Crippen MR) is 66.5 cm³/mol. The van der Waals surface area contributed by atoms with Gasteiger partial charge in [0.25, 0.3) is 0 Å². The Morgan fingerprint density at radius 2 is 2.33 bits per heavy atom. The van der Waals surface area contributed by atoms with Crippen LogP contribution in [0.1, 0.15) is 31.5 Å². The van der Waals surface area contributed by atoms with Crippen LogP contribution in [0.3, 0.4) is 0 Å². The highest BCUT2D eigenvalue weighted by molar-refractivity contribution is 9.11. The molecule has 3 nitrogen and oxygen atoms in total. The minimum Gasteiger partial charge on any atom is -0.306 e. The zero-order valence-electron chi connectivity index (χ0n) is 8.74. The molecule has 0 aromatic carbocycles. The van der Waals surface area contributed by atoms with Crippen LogP contribution in [0.2, 0.25) is 0 Å². The van der Waals surface area contributed by atoms with Gasteiger partial charge in [0, 0.05) is 18.2 Å². The first-order chi connectivity index (χ1) is 7.22. The summed E-state index contributed by atoms with van der Waals surface area (Å²) in [5.41, 5.74) is 0. The number of halogens is 1. The molecular weight excluding hydrogens is 274 g/mol. The van der Waals surface area contributed by atoms with Gasteiger partial charge >= 0.3 is 0 Å². The molecule has 0 aliphatic heterocycles. The van der Waals surface area contributed by atoms with Gasteiger partial charge in [0.1, 0.15) is 5.82 Å². The predicted octanol–water partition coefficient (Wildman–Crippen LogP) is 3.18. The first-order valence-electron chi connectivity index (χ1n) is 5.11. The molecule has 1 heterocycles. The van der Waals surface area contributed by atoms with Crippen molar-refractivity contribution in [3.05, 3.63) is 16.9 Å². The van der Waals surface area contributed by atoms with Crippen molar-refractivity contribution >= 4 is 27.7 Å². The molecular formula is C10H14BrN3S. The summed E-state index contributed by atoms with van der Waals surface area (Å²) in [5, 5.41) is 9.52. The molecule has 0 spiro atoms. The van der Waals surface area contributed by atoms with Gasteiger partial charge in [0.15, 0.2) is 5.16 Å². The summed E-state index contributed by atoms with van der Waals surface area (Å²) in [4.78, 5) is 0. The molecule has 1 aliphatic rings. The van der Waals surface area contributed by atoms with Crippen LogP contribution in [0.5, 0.6) is 0 Å². The van der Waals surface area contributed by atoms with E-state index in [2.05, 4.69) is 44.2 Å². The van der Waals surface area contributed by atoms with E-state index in [0.717, 1.165) is 21.9 Å². The van der Waals surface area contributed by atoms with E-state index in [4.69, 9.17) is 0 Å². The van der Waals surface area contributed by atoms with Crippen LogP contribution in [0, 0.1) is 0 Å². The lowest BCUT2D eigenvalue weighted by atomic mass is 10.4. The van der Waals surface area contributed by atoms with E-state index in [1.165, 1.54) is 18.7 Å². The largest absolute Gasteiger partial charge is 0.306 e. The van der Waals surface area contributed by atoms with Gasteiger partial charge in [0.05, 0.1) is 0 Å². The lowest BCUT2D eigenvalue weighted by Crippen LogP contribution is -2.02. The first kappa shape index (κ1) is 11.2. The summed E-state index contributed by atoms with van der Waals surface area (Å²) in [6.07, 6.45) is 2.54. The third-order valence-electron chi connectivity index (χ3n) is 2.36. The highest BCUT2D eigenvalue weighted by atomic mass is 79.9. The second-order valence-corrected chi connectivity index (χ2v) is 5.73. The minimum absolute atomic E-state index is 0.666. The van der Waals surface area contributed by atoms with Crippen LogP contribution in [-0.4, -0.2) is 20.5 Å². The Hall–Kier alpha value is -0.290. The summed E-state index contributed by atoms with van der Waals surface area (Å²) < 4.78 is 3.21. The van der Waals surface area contributed by atoms with E-state index in [9.17, 15) is 0 Å². The van der Waals surface area contributed by atoms with Crippen LogP contribution in [0.25, 0.3) is 0 Å². The highest BCUT2D eigenvalue weighted by Gasteiger charge is 2.29. The van der Waals surface area contributed by atoms with Gasteiger partial charge in [-0.15, -0.1) is 10.2 Å². The SMILES string of the molecule is C=C(Br)CSc1nnc(C2CC2)n1CC. The molecule has 1 aliphatic carbocycles. The van der Waals surface area contributed by atoms with Gasteiger partial charge in [-0.2, -0.15) is 0 Å². The Bertz CT molecular complexity index is 371. The van der Waals surface area contributed by atoms with Crippen LogP contribution < -0.4 is 0 Å². The quantitative estimate of drug-likeness (QED) is 0.780. The van der Waals surface area contributed by atoms with Gasteiger partial charge in [-0.25, -0.2) is 0 Å². The standard InChI is InChI=1S/C10H14BrN3S/c1-3-14-9(8-4-5-8)12-13-10(14)15-6-7(2)11/h8H,2-6H2,1H3. The molecule has 0 bridgehead atoms. The summed E-state index contributed by atoms with van der Waals surface area (Å²) in [6.45, 7) is 6.91. The molecule has 0 atom stereocenters. The second kappa shape index (κ2) is 4.70. The fourth-order valence-corrected chi connectivity index (χ4v) is 2.60. The first-order valence-corrected chi connectivity index (χ1v) is 6.89. The molecule has 1 fully saturated rings. The topological polar surface area (TPSA) is 30.7 Å². The van der Waals surface area contributed by atoms with Crippen molar-refractivity contribution in [2.24, 2.45) is 0 Å². The maximum Gasteiger partial charge on any atom is 0.191 e. The smallest absolute Gasteiger partial charge is 0.191 e. The number of hydrogen-bond acceptors (Lipinski definition) is 3. The molecule has 5 heteroatoms. The fourth-order valence-electron chi connectivity index (χ4n) is 1.49. The van der Waals surface area contributed by atoms with Crippen molar-refractivity contribution in [3.8, 4) is 0 Å².